The van der Waals surface area contributed by atoms with Crippen LogP contribution >= 0.6 is 0 Å². The molecule has 0 aromatic heterocycles. The van der Waals surface area contributed by atoms with E-state index in [1.807, 2.05) is 0 Å². The number of anilines is 2. The molecule has 0 spiro atoms. The van der Waals surface area contributed by atoms with Crippen molar-refractivity contribution < 1.29 is 0 Å². The molecule has 2 aromatic rings. The van der Waals surface area contributed by atoms with Crippen LogP contribution in [0.3, 0.4) is 0 Å². The Balaban J connectivity index is 1.81. The lowest BCUT2D eigenvalue weighted by Crippen LogP contribution is -2.12. The second-order valence-electron chi connectivity index (χ2n) is 6.08. The van der Waals surface area contributed by atoms with Crippen molar-refractivity contribution in [3.63, 3.8) is 0 Å². The summed E-state index contributed by atoms with van der Waals surface area (Å²) in [5.74, 6) is 0. The van der Waals surface area contributed by atoms with Crippen LogP contribution in [0.2, 0.25) is 0 Å². The topological polar surface area (TPSA) is 15.3 Å². The van der Waals surface area contributed by atoms with Crippen molar-refractivity contribution in [1.29, 1.82) is 0 Å². The van der Waals surface area contributed by atoms with Crippen LogP contribution in [0.1, 0.15) is 36.4 Å². The van der Waals surface area contributed by atoms with Crippen molar-refractivity contribution in [2.45, 2.75) is 31.7 Å². The number of benzene rings is 2. The Bertz CT molecular complexity index is 587. The molecule has 0 heterocycles. The van der Waals surface area contributed by atoms with Crippen LogP contribution in [0.25, 0.3) is 0 Å². The van der Waals surface area contributed by atoms with E-state index in [1.54, 1.807) is 0 Å². The summed E-state index contributed by atoms with van der Waals surface area (Å²) < 4.78 is 0. The third-order valence-corrected chi connectivity index (χ3v) is 4.34. The quantitative estimate of drug-likeness (QED) is 0.824. The number of hydrogen-bond acceptors (Lipinski definition) is 2. The summed E-state index contributed by atoms with van der Waals surface area (Å²) in [7, 11) is 4.15. The molecule has 2 aromatic carbocycles. The first-order valence-corrected chi connectivity index (χ1v) is 7.86. The highest BCUT2D eigenvalue weighted by atomic mass is 15.1. The van der Waals surface area contributed by atoms with Gasteiger partial charge in [-0.1, -0.05) is 30.7 Å². The lowest BCUT2D eigenvalue weighted by atomic mass is 9.99. The van der Waals surface area contributed by atoms with Crippen LogP contribution in [0, 0.1) is 0 Å². The maximum atomic E-state index is 3.72. The van der Waals surface area contributed by atoms with E-state index < -0.39 is 0 Å². The van der Waals surface area contributed by atoms with Gasteiger partial charge >= 0.3 is 0 Å². The number of nitrogens with zero attached hydrogens (tertiary/aromatic N) is 1. The second-order valence-corrected chi connectivity index (χ2v) is 6.08. The van der Waals surface area contributed by atoms with E-state index in [4.69, 9.17) is 0 Å². The van der Waals surface area contributed by atoms with Gasteiger partial charge in [0.05, 0.1) is 6.04 Å². The van der Waals surface area contributed by atoms with Gasteiger partial charge in [-0.15, -0.1) is 0 Å². The van der Waals surface area contributed by atoms with Crippen LogP contribution in [0.15, 0.2) is 48.5 Å². The van der Waals surface area contributed by atoms with Gasteiger partial charge < -0.3 is 10.2 Å². The molecule has 0 saturated carbocycles. The minimum Gasteiger partial charge on any atom is -0.378 e. The average Bonchev–Trinajstić information content (AvgIpc) is 2.71. The molecule has 1 N–H and O–H groups in total. The standard InChI is InChI=1S/C19H24N2/c1-21(2)17-13-11-16(12-14-17)20-19-10-6-4-8-15-7-3-5-9-18(15)19/h3,5,7,9,11-14,19-20H,4,6,8,10H2,1-2H3. The molecule has 0 radical (unpaired) electrons. The largest absolute Gasteiger partial charge is 0.378 e. The molecule has 2 heteroatoms. The van der Waals surface area contributed by atoms with E-state index in [2.05, 4.69) is 72.8 Å². The molecule has 0 saturated heterocycles. The summed E-state index contributed by atoms with van der Waals surface area (Å²) in [6.07, 6.45) is 5.03. The van der Waals surface area contributed by atoms with Crippen LogP contribution in [0.4, 0.5) is 11.4 Å². The summed E-state index contributed by atoms with van der Waals surface area (Å²) in [5.41, 5.74) is 5.44. The van der Waals surface area contributed by atoms with Crippen molar-refractivity contribution in [2.24, 2.45) is 0 Å². The van der Waals surface area contributed by atoms with Crippen molar-refractivity contribution in [3.05, 3.63) is 59.7 Å². The van der Waals surface area contributed by atoms with Gasteiger partial charge in [0.25, 0.3) is 0 Å². The molecule has 1 aliphatic rings. The molecular weight excluding hydrogens is 256 g/mol. The zero-order valence-corrected chi connectivity index (χ0v) is 13.0. The van der Waals surface area contributed by atoms with Crippen molar-refractivity contribution >= 4 is 11.4 Å². The van der Waals surface area contributed by atoms with E-state index >= 15 is 0 Å². The molecular formula is C19H24N2. The van der Waals surface area contributed by atoms with Crippen molar-refractivity contribution in [1.82, 2.24) is 0 Å². The molecule has 110 valence electrons. The summed E-state index contributed by atoms with van der Waals surface area (Å²) in [6, 6.07) is 18.0. The van der Waals surface area contributed by atoms with Crippen LogP contribution in [0.5, 0.6) is 0 Å². The number of hydrogen-bond donors (Lipinski definition) is 1. The number of aryl methyl sites for hydroxylation is 1. The summed E-state index contributed by atoms with van der Waals surface area (Å²) in [6.45, 7) is 0. The monoisotopic (exact) mass is 280 g/mol. The molecule has 0 amide bonds. The normalized spacial score (nSPS) is 17.7. The second kappa shape index (κ2) is 6.21. The summed E-state index contributed by atoms with van der Waals surface area (Å²) in [4.78, 5) is 2.13. The van der Waals surface area contributed by atoms with E-state index in [0.717, 1.165) is 0 Å². The summed E-state index contributed by atoms with van der Waals surface area (Å²) in [5, 5.41) is 3.72. The van der Waals surface area contributed by atoms with Crippen LogP contribution < -0.4 is 10.2 Å². The Morgan fingerprint density at radius 2 is 1.71 bits per heavy atom. The SMILES string of the molecule is CN(C)c1ccc(NC2CCCCc3ccccc32)cc1. The Hall–Kier alpha value is -1.96. The van der Waals surface area contributed by atoms with Gasteiger partial charge in [0.1, 0.15) is 0 Å². The van der Waals surface area contributed by atoms with Crippen molar-refractivity contribution in [2.75, 3.05) is 24.3 Å². The first-order chi connectivity index (χ1) is 10.2. The van der Waals surface area contributed by atoms with Gasteiger partial charge in [0, 0.05) is 25.5 Å². The minimum absolute atomic E-state index is 0.439. The van der Waals surface area contributed by atoms with Gasteiger partial charge in [0.15, 0.2) is 0 Å². The first-order valence-electron chi connectivity index (χ1n) is 7.86. The van der Waals surface area contributed by atoms with Gasteiger partial charge in [-0.05, 0) is 54.7 Å². The molecule has 0 bridgehead atoms. The van der Waals surface area contributed by atoms with E-state index in [1.165, 1.54) is 48.2 Å². The molecule has 1 atom stereocenters. The molecule has 1 unspecified atom stereocenters. The highest BCUT2D eigenvalue weighted by Gasteiger charge is 2.17. The third kappa shape index (κ3) is 3.21. The number of rotatable bonds is 3. The van der Waals surface area contributed by atoms with E-state index in [9.17, 15) is 0 Å². The summed E-state index contributed by atoms with van der Waals surface area (Å²) >= 11 is 0. The third-order valence-electron chi connectivity index (χ3n) is 4.34. The zero-order chi connectivity index (χ0) is 14.7. The lowest BCUT2D eigenvalue weighted by Gasteiger charge is -2.21. The maximum absolute atomic E-state index is 3.72. The van der Waals surface area contributed by atoms with E-state index in [-0.39, 0.29) is 0 Å². The lowest BCUT2D eigenvalue weighted by molar-refractivity contribution is 0.644. The Kier molecular flexibility index (Phi) is 4.14. The van der Waals surface area contributed by atoms with Gasteiger partial charge in [-0.25, -0.2) is 0 Å². The molecule has 2 nitrogen and oxygen atoms in total. The number of nitrogens with one attached hydrogen (secondary N) is 1. The number of fused-ring (bicyclic) bond motifs is 1. The first kappa shape index (κ1) is 14.0. The fourth-order valence-electron chi connectivity index (χ4n) is 3.13. The Morgan fingerprint density at radius 3 is 2.48 bits per heavy atom. The maximum Gasteiger partial charge on any atom is 0.0516 e. The van der Waals surface area contributed by atoms with E-state index in [0.29, 0.717) is 6.04 Å². The predicted molar refractivity (Wildman–Crippen MR) is 91.1 cm³/mol. The fraction of sp³-hybridized carbons (Fsp3) is 0.368. The Labute approximate surface area is 127 Å². The van der Waals surface area contributed by atoms with Gasteiger partial charge in [0.2, 0.25) is 0 Å². The fourth-order valence-corrected chi connectivity index (χ4v) is 3.13. The van der Waals surface area contributed by atoms with Crippen LogP contribution in [-0.2, 0) is 6.42 Å². The van der Waals surface area contributed by atoms with Gasteiger partial charge in [-0.3, -0.25) is 0 Å². The molecule has 0 aliphatic heterocycles. The van der Waals surface area contributed by atoms with Gasteiger partial charge in [-0.2, -0.15) is 0 Å². The molecule has 1 aliphatic carbocycles. The highest BCUT2D eigenvalue weighted by Crippen LogP contribution is 2.31. The Morgan fingerprint density at radius 1 is 0.952 bits per heavy atom. The highest BCUT2D eigenvalue weighted by molar-refractivity contribution is 5.55. The van der Waals surface area contributed by atoms with Crippen molar-refractivity contribution in [3.8, 4) is 0 Å². The predicted octanol–water partition coefficient (Wildman–Crippen LogP) is 4.63. The average molecular weight is 280 g/mol. The molecule has 0 fully saturated rings. The van der Waals surface area contributed by atoms with Crippen LogP contribution in [-0.4, -0.2) is 14.1 Å². The molecule has 21 heavy (non-hydrogen) atoms. The smallest absolute Gasteiger partial charge is 0.0516 e. The molecule has 3 rings (SSSR count). The zero-order valence-electron chi connectivity index (χ0n) is 13.0. The minimum atomic E-state index is 0.439.